The van der Waals surface area contributed by atoms with Crippen molar-refractivity contribution in [3.05, 3.63) is 23.4 Å². The molecule has 0 aliphatic carbocycles. The minimum Gasteiger partial charge on any atom is -0.351 e. The van der Waals surface area contributed by atoms with Crippen LogP contribution in [0.2, 0.25) is 0 Å². The second-order valence-electron chi connectivity index (χ2n) is 5.27. The maximum atomic E-state index is 12.2. The van der Waals surface area contributed by atoms with Gasteiger partial charge in [0.15, 0.2) is 0 Å². The fourth-order valence-corrected chi connectivity index (χ4v) is 1.86. The number of carbonyl (C=O) groups excluding carboxylic acids is 1. The smallest absolute Gasteiger partial charge is 0.251 e. The van der Waals surface area contributed by atoms with Crippen LogP contribution in [0.5, 0.6) is 0 Å². The summed E-state index contributed by atoms with van der Waals surface area (Å²) in [6.45, 7) is 6.88. The Labute approximate surface area is 125 Å². The zero-order valence-electron chi connectivity index (χ0n) is 12.6. The Balaban J connectivity index is 2.83. The van der Waals surface area contributed by atoms with Crippen molar-refractivity contribution < 1.29 is 4.79 Å². The first-order valence-corrected chi connectivity index (χ1v) is 7.95. The van der Waals surface area contributed by atoms with Gasteiger partial charge in [0.1, 0.15) is 5.82 Å². The van der Waals surface area contributed by atoms with E-state index in [9.17, 15) is 4.79 Å². The zero-order valence-corrected chi connectivity index (χ0v) is 13.4. The fraction of sp³-hybridized carbons (Fsp3) is 0.571. The van der Waals surface area contributed by atoms with E-state index in [0.29, 0.717) is 17.9 Å². The lowest BCUT2D eigenvalue weighted by Crippen LogP contribution is -2.36. The molecule has 112 valence electrons. The highest BCUT2D eigenvalue weighted by Crippen LogP contribution is 2.20. The Morgan fingerprint density at radius 1 is 1.45 bits per heavy atom. The number of nitrogen functional groups attached to an aromatic ring is 1. The van der Waals surface area contributed by atoms with Crippen LogP contribution in [0.3, 0.4) is 0 Å². The summed E-state index contributed by atoms with van der Waals surface area (Å²) in [5.41, 5.74) is 3.97. The van der Waals surface area contributed by atoms with Crippen molar-refractivity contribution in [2.75, 3.05) is 18.2 Å². The number of amides is 1. The van der Waals surface area contributed by atoms with Crippen LogP contribution in [0.1, 0.15) is 43.2 Å². The number of thioether (sulfide) groups is 1. The Bertz CT molecular complexity index is 462. The number of nitrogens with two attached hydrogens (primary N) is 1. The maximum absolute atomic E-state index is 12.2. The number of aromatic nitrogens is 1. The molecule has 0 aromatic carbocycles. The lowest BCUT2D eigenvalue weighted by atomic mass is 10.1. The topological polar surface area (TPSA) is 80.0 Å². The number of hydrogen-bond acceptors (Lipinski definition) is 5. The van der Waals surface area contributed by atoms with E-state index < -0.39 is 0 Å². The van der Waals surface area contributed by atoms with E-state index in [4.69, 9.17) is 5.84 Å². The maximum Gasteiger partial charge on any atom is 0.251 e. The minimum absolute atomic E-state index is 0.0177. The molecule has 20 heavy (non-hydrogen) atoms. The van der Waals surface area contributed by atoms with Crippen LogP contribution in [0.15, 0.2) is 12.1 Å². The summed E-state index contributed by atoms with van der Waals surface area (Å²) < 4.78 is 0.0177. The van der Waals surface area contributed by atoms with Gasteiger partial charge in [-0.05, 0) is 38.7 Å². The van der Waals surface area contributed by atoms with Crippen molar-refractivity contribution in [1.29, 1.82) is 0 Å². The monoisotopic (exact) mass is 296 g/mol. The van der Waals surface area contributed by atoms with Crippen LogP contribution in [-0.2, 0) is 6.42 Å². The quantitative estimate of drug-likeness (QED) is 0.531. The summed E-state index contributed by atoms with van der Waals surface area (Å²) in [6.07, 6.45) is 3.84. The van der Waals surface area contributed by atoms with Crippen molar-refractivity contribution in [2.24, 2.45) is 5.84 Å². The Hall–Kier alpha value is -1.27. The molecule has 1 aromatic rings. The van der Waals surface area contributed by atoms with E-state index in [2.05, 4.69) is 36.5 Å². The molecule has 0 saturated heterocycles. The molecule has 1 aromatic heterocycles. The number of hydrazine groups is 1. The fourth-order valence-electron chi connectivity index (χ4n) is 1.64. The van der Waals surface area contributed by atoms with Crippen LogP contribution in [0.4, 0.5) is 5.82 Å². The Morgan fingerprint density at radius 3 is 2.70 bits per heavy atom. The van der Waals surface area contributed by atoms with Crippen LogP contribution >= 0.6 is 11.8 Å². The van der Waals surface area contributed by atoms with E-state index in [1.54, 1.807) is 17.8 Å². The van der Waals surface area contributed by atoms with E-state index >= 15 is 0 Å². The normalized spacial score (nSPS) is 11.2. The number of hydrogen-bond donors (Lipinski definition) is 3. The SMILES string of the molecule is CCCc1cc(C(=O)NCC(C)(C)SC)cc(NN)n1. The predicted octanol–water partition coefficient (Wildman–Crippen LogP) is 2.19. The molecule has 0 bridgehead atoms. The van der Waals surface area contributed by atoms with Crippen LogP contribution in [0.25, 0.3) is 0 Å². The van der Waals surface area contributed by atoms with Gasteiger partial charge in [0.05, 0.1) is 0 Å². The molecule has 1 amide bonds. The summed E-state index contributed by atoms with van der Waals surface area (Å²) in [5, 5.41) is 2.95. The summed E-state index contributed by atoms with van der Waals surface area (Å²) in [5.74, 6) is 5.83. The summed E-state index contributed by atoms with van der Waals surface area (Å²) in [7, 11) is 0. The molecule has 6 heteroatoms. The summed E-state index contributed by atoms with van der Waals surface area (Å²) >= 11 is 1.72. The molecule has 0 saturated carbocycles. The number of rotatable bonds is 7. The van der Waals surface area contributed by atoms with Crippen molar-refractivity contribution in [1.82, 2.24) is 10.3 Å². The molecule has 0 aliphatic heterocycles. The molecule has 1 heterocycles. The van der Waals surface area contributed by atoms with Gasteiger partial charge in [-0.25, -0.2) is 10.8 Å². The molecular formula is C14H24N4OS. The van der Waals surface area contributed by atoms with Gasteiger partial charge < -0.3 is 10.7 Å². The van der Waals surface area contributed by atoms with Gasteiger partial charge in [-0.3, -0.25) is 4.79 Å². The molecule has 0 spiro atoms. The molecule has 0 radical (unpaired) electrons. The average Bonchev–Trinajstić information content (AvgIpc) is 2.44. The van der Waals surface area contributed by atoms with Gasteiger partial charge >= 0.3 is 0 Å². The van der Waals surface area contributed by atoms with Gasteiger partial charge in [-0.1, -0.05) is 13.3 Å². The van der Waals surface area contributed by atoms with Gasteiger partial charge in [0.2, 0.25) is 0 Å². The zero-order chi connectivity index (χ0) is 15.2. The number of carbonyl (C=O) groups is 1. The third-order valence-electron chi connectivity index (χ3n) is 3.02. The predicted molar refractivity (Wildman–Crippen MR) is 86.0 cm³/mol. The third kappa shape index (κ3) is 5.02. The first kappa shape index (κ1) is 16.8. The van der Waals surface area contributed by atoms with Gasteiger partial charge in [-0.15, -0.1) is 0 Å². The number of nitrogens with one attached hydrogen (secondary N) is 2. The number of aryl methyl sites for hydroxylation is 1. The number of nitrogens with zero attached hydrogens (tertiary/aromatic N) is 1. The lowest BCUT2D eigenvalue weighted by Gasteiger charge is -2.22. The van der Waals surface area contributed by atoms with Crippen molar-refractivity contribution >= 4 is 23.5 Å². The van der Waals surface area contributed by atoms with Gasteiger partial charge in [-0.2, -0.15) is 11.8 Å². The highest BCUT2D eigenvalue weighted by atomic mass is 32.2. The van der Waals surface area contributed by atoms with E-state index in [1.807, 2.05) is 12.3 Å². The first-order valence-electron chi connectivity index (χ1n) is 6.72. The Kier molecular flexibility index (Phi) is 6.29. The van der Waals surface area contributed by atoms with E-state index in [0.717, 1.165) is 18.5 Å². The highest BCUT2D eigenvalue weighted by Gasteiger charge is 2.18. The molecule has 0 fully saturated rings. The molecule has 4 N–H and O–H groups in total. The third-order valence-corrected chi connectivity index (χ3v) is 4.27. The van der Waals surface area contributed by atoms with Crippen molar-refractivity contribution in [3.63, 3.8) is 0 Å². The van der Waals surface area contributed by atoms with E-state index in [1.165, 1.54) is 0 Å². The van der Waals surface area contributed by atoms with E-state index in [-0.39, 0.29) is 10.7 Å². The summed E-state index contributed by atoms with van der Waals surface area (Å²) in [6, 6.07) is 3.49. The summed E-state index contributed by atoms with van der Waals surface area (Å²) in [4.78, 5) is 16.5. The Morgan fingerprint density at radius 2 is 2.15 bits per heavy atom. The van der Waals surface area contributed by atoms with Crippen LogP contribution < -0.4 is 16.6 Å². The number of pyridine rings is 1. The van der Waals surface area contributed by atoms with Crippen molar-refractivity contribution in [2.45, 2.75) is 38.4 Å². The molecular weight excluding hydrogens is 272 g/mol. The lowest BCUT2D eigenvalue weighted by molar-refractivity contribution is 0.0950. The second-order valence-corrected chi connectivity index (χ2v) is 6.79. The molecule has 1 rings (SSSR count). The van der Waals surface area contributed by atoms with Gasteiger partial charge in [0.25, 0.3) is 5.91 Å². The average molecular weight is 296 g/mol. The molecule has 0 atom stereocenters. The number of anilines is 1. The second kappa shape index (κ2) is 7.50. The largest absolute Gasteiger partial charge is 0.351 e. The van der Waals surface area contributed by atoms with Crippen LogP contribution in [-0.4, -0.2) is 28.4 Å². The van der Waals surface area contributed by atoms with Crippen LogP contribution in [0, 0.1) is 0 Å². The molecule has 0 unspecified atom stereocenters. The van der Waals surface area contributed by atoms with Crippen molar-refractivity contribution in [3.8, 4) is 0 Å². The first-order chi connectivity index (χ1) is 9.41. The molecule has 5 nitrogen and oxygen atoms in total. The van der Waals surface area contributed by atoms with Gasteiger partial charge in [0, 0.05) is 22.5 Å². The highest BCUT2D eigenvalue weighted by molar-refractivity contribution is 7.99. The minimum atomic E-state index is -0.0941. The standard InChI is InChI=1S/C14H24N4OS/c1-5-6-11-7-10(8-12(17-11)18-15)13(19)16-9-14(2,3)20-4/h7-8H,5-6,9,15H2,1-4H3,(H,16,19)(H,17,18). The molecule has 0 aliphatic rings.